The van der Waals surface area contributed by atoms with Gasteiger partial charge >= 0.3 is 0 Å². The maximum Gasteiger partial charge on any atom is 0.234 e. The van der Waals surface area contributed by atoms with Gasteiger partial charge in [0, 0.05) is 13.7 Å². The number of carbonyl (C=O) groups excluding carboxylic acids is 1. The second kappa shape index (κ2) is 10.4. The van der Waals surface area contributed by atoms with Crippen LogP contribution in [0.4, 0.5) is 0 Å². The fourth-order valence-corrected chi connectivity index (χ4v) is 1.84. The van der Waals surface area contributed by atoms with Gasteiger partial charge in [-0.15, -0.1) is 0 Å². The van der Waals surface area contributed by atoms with Crippen LogP contribution in [-0.2, 0) is 9.53 Å². The van der Waals surface area contributed by atoms with Crippen LogP contribution in [0, 0.1) is 0 Å². The summed E-state index contributed by atoms with van der Waals surface area (Å²) in [6, 6.07) is 7.32. The van der Waals surface area contributed by atoms with Crippen molar-refractivity contribution in [3.05, 3.63) is 29.3 Å². The fourth-order valence-electron chi connectivity index (χ4n) is 1.66. The van der Waals surface area contributed by atoms with Crippen molar-refractivity contribution in [2.75, 3.05) is 33.4 Å². The predicted octanol–water partition coefficient (Wildman–Crippen LogP) is 1.85. The van der Waals surface area contributed by atoms with Crippen LogP contribution in [0.25, 0.3) is 0 Å². The van der Waals surface area contributed by atoms with Gasteiger partial charge in [-0.3, -0.25) is 4.79 Å². The molecule has 0 aliphatic rings. The van der Waals surface area contributed by atoms with E-state index in [1.807, 2.05) is 25.1 Å². The summed E-state index contributed by atoms with van der Waals surface area (Å²) in [6.07, 6.45) is 0.676. The summed E-state index contributed by atoms with van der Waals surface area (Å²) in [4.78, 5) is 11.6. The lowest BCUT2D eigenvalue weighted by atomic mass is 10.2. The van der Waals surface area contributed by atoms with Crippen LogP contribution in [0.5, 0.6) is 5.75 Å². The van der Waals surface area contributed by atoms with Crippen molar-refractivity contribution in [2.24, 2.45) is 0 Å². The topological polar surface area (TPSA) is 59.6 Å². The third kappa shape index (κ3) is 7.32. The molecule has 0 bridgehead atoms. The number of carbonyl (C=O) groups is 1. The molecule has 118 valence electrons. The molecule has 0 fully saturated rings. The molecule has 1 rings (SSSR count). The van der Waals surface area contributed by atoms with Gasteiger partial charge < -0.3 is 20.1 Å². The first-order valence-corrected chi connectivity index (χ1v) is 7.42. The Bertz CT molecular complexity index is 429. The number of amides is 1. The highest BCUT2D eigenvalue weighted by Crippen LogP contribution is 2.24. The quantitative estimate of drug-likeness (QED) is 0.647. The van der Waals surface area contributed by atoms with E-state index >= 15 is 0 Å². The summed E-state index contributed by atoms with van der Waals surface area (Å²) in [5, 5.41) is 6.40. The Morgan fingerprint density at radius 1 is 1.38 bits per heavy atom. The molecular weight excluding hydrogens is 292 g/mol. The summed E-state index contributed by atoms with van der Waals surface area (Å²) in [6.45, 7) is 3.96. The van der Waals surface area contributed by atoms with Crippen LogP contribution in [0.1, 0.15) is 13.3 Å². The van der Waals surface area contributed by atoms with Crippen LogP contribution in [0.15, 0.2) is 24.3 Å². The predicted molar refractivity (Wildman–Crippen MR) is 83.9 cm³/mol. The lowest BCUT2D eigenvalue weighted by Gasteiger charge is -2.19. The molecule has 0 aliphatic heterocycles. The van der Waals surface area contributed by atoms with Crippen LogP contribution in [0.3, 0.4) is 0 Å². The molecule has 5 nitrogen and oxygen atoms in total. The van der Waals surface area contributed by atoms with Crippen molar-refractivity contribution >= 4 is 17.5 Å². The van der Waals surface area contributed by atoms with Gasteiger partial charge in [0.1, 0.15) is 11.9 Å². The van der Waals surface area contributed by atoms with Crippen LogP contribution in [-0.4, -0.2) is 45.4 Å². The summed E-state index contributed by atoms with van der Waals surface area (Å²) in [7, 11) is 1.62. The molecule has 0 heterocycles. The average molecular weight is 315 g/mol. The van der Waals surface area contributed by atoms with E-state index in [1.165, 1.54) is 0 Å². The molecular formula is C15H23ClN2O3. The number of ether oxygens (including phenoxy) is 2. The summed E-state index contributed by atoms with van der Waals surface area (Å²) >= 11 is 6.05. The fraction of sp³-hybridized carbons (Fsp3) is 0.533. The summed E-state index contributed by atoms with van der Waals surface area (Å²) in [5.41, 5.74) is 0. The molecule has 0 aliphatic carbocycles. The van der Waals surface area contributed by atoms with Crippen molar-refractivity contribution in [3.63, 3.8) is 0 Å². The zero-order valence-corrected chi connectivity index (χ0v) is 13.3. The molecule has 0 spiro atoms. The van der Waals surface area contributed by atoms with E-state index in [9.17, 15) is 4.79 Å². The highest BCUT2D eigenvalue weighted by atomic mass is 35.5. The highest BCUT2D eigenvalue weighted by Gasteiger charge is 2.11. The smallest absolute Gasteiger partial charge is 0.234 e. The van der Waals surface area contributed by atoms with E-state index < -0.39 is 0 Å². The van der Waals surface area contributed by atoms with Gasteiger partial charge in [-0.2, -0.15) is 0 Å². The van der Waals surface area contributed by atoms with Gasteiger partial charge in [-0.1, -0.05) is 30.7 Å². The maximum absolute atomic E-state index is 11.6. The van der Waals surface area contributed by atoms with Crippen molar-refractivity contribution in [3.8, 4) is 5.75 Å². The molecule has 21 heavy (non-hydrogen) atoms. The SMILES string of the molecule is CCC(CNC(=O)CNCCOC)Oc1ccccc1Cl. The van der Waals surface area contributed by atoms with E-state index in [-0.39, 0.29) is 18.6 Å². The molecule has 0 radical (unpaired) electrons. The first-order valence-electron chi connectivity index (χ1n) is 7.05. The number of hydrogen-bond donors (Lipinski definition) is 2. The molecule has 1 unspecified atom stereocenters. The van der Waals surface area contributed by atoms with E-state index in [0.717, 1.165) is 6.42 Å². The van der Waals surface area contributed by atoms with E-state index in [0.29, 0.717) is 30.5 Å². The maximum atomic E-state index is 11.6. The summed E-state index contributed by atoms with van der Waals surface area (Å²) in [5.74, 6) is 0.575. The third-order valence-electron chi connectivity index (χ3n) is 2.88. The zero-order chi connectivity index (χ0) is 15.5. The Hall–Kier alpha value is -1.30. The van der Waals surface area contributed by atoms with Gasteiger partial charge in [0.15, 0.2) is 0 Å². The molecule has 6 heteroatoms. The number of halogens is 1. The van der Waals surface area contributed by atoms with Gasteiger partial charge in [-0.05, 0) is 18.6 Å². The number of nitrogens with one attached hydrogen (secondary N) is 2. The highest BCUT2D eigenvalue weighted by molar-refractivity contribution is 6.32. The average Bonchev–Trinajstić information content (AvgIpc) is 2.49. The molecule has 1 aromatic rings. The van der Waals surface area contributed by atoms with Crippen LogP contribution in [0.2, 0.25) is 5.02 Å². The van der Waals surface area contributed by atoms with Gasteiger partial charge in [0.25, 0.3) is 0 Å². The Morgan fingerprint density at radius 3 is 2.81 bits per heavy atom. The zero-order valence-electron chi connectivity index (χ0n) is 12.5. The Morgan fingerprint density at radius 2 is 2.14 bits per heavy atom. The number of benzene rings is 1. The lowest BCUT2D eigenvalue weighted by molar-refractivity contribution is -0.120. The lowest BCUT2D eigenvalue weighted by Crippen LogP contribution is -2.40. The van der Waals surface area contributed by atoms with Crippen molar-refractivity contribution in [1.82, 2.24) is 10.6 Å². The van der Waals surface area contributed by atoms with E-state index in [1.54, 1.807) is 13.2 Å². The van der Waals surface area contributed by atoms with Crippen molar-refractivity contribution in [2.45, 2.75) is 19.4 Å². The van der Waals surface area contributed by atoms with Crippen molar-refractivity contribution < 1.29 is 14.3 Å². The minimum Gasteiger partial charge on any atom is -0.487 e. The number of methoxy groups -OCH3 is 1. The molecule has 1 aromatic carbocycles. The van der Waals surface area contributed by atoms with Gasteiger partial charge in [0.05, 0.1) is 24.7 Å². The normalized spacial score (nSPS) is 12.0. The second-order valence-electron chi connectivity index (χ2n) is 4.55. The molecule has 0 saturated carbocycles. The largest absolute Gasteiger partial charge is 0.487 e. The van der Waals surface area contributed by atoms with Crippen molar-refractivity contribution in [1.29, 1.82) is 0 Å². The molecule has 1 amide bonds. The minimum atomic E-state index is -0.104. The van der Waals surface area contributed by atoms with Crippen LogP contribution < -0.4 is 15.4 Å². The Labute approximate surface area is 131 Å². The number of para-hydroxylation sites is 1. The molecule has 2 N–H and O–H groups in total. The second-order valence-corrected chi connectivity index (χ2v) is 4.96. The minimum absolute atomic E-state index is 0.0627. The Kier molecular flexibility index (Phi) is 8.82. The van der Waals surface area contributed by atoms with Crippen LogP contribution >= 0.6 is 11.6 Å². The van der Waals surface area contributed by atoms with E-state index in [2.05, 4.69) is 10.6 Å². The number of hydrogen-bond acceptors (Lipinski definition) is 4. The Balaban J connectivity index is 2.31. The van der Waals surface area contributed by atoms with Gasteiger partial charge in [-0.25, -0.2) is 0 Å². The van der Waals surface area contributed by atoms with Gasteiger partial charge in [0.2, 0.25) is 5.91 Å². The molecule has 1 atom stereocenters. The standard InChI is InChI=1S/C15H23ClN2O3/c1-3-12(21-14-7-5-4-6-13(14)16)10-18-15(19)11-17-8-9-20-2/h4-7,12,17H,3,8-11H2,1-2H3,(H,18,19). The summed E-state index contributed by atoms with van der Waals surface area (Å²) < 4.78 is 10.7. The third-order valence-corrected chi connectivity index (χ3v) is 3.19. The number of rotatable bonds is 10. The van der Waals surface area contributed by atoms with E-state index in [4.69, 9.17) is 21.1 Å². The first kappa shape index (κ1) is 17.8. The molecule has 0 saturated heterocycles. The monoisotopic (exact) mass is 314 g/mol. The molecule has 0 aromatic heterocycles. The first-order chi connectivity index (χ1) is 10.2.